The fourth-order valence-corrected chi connectivity index (χ4v) is 1.42. The Labute approximate surface area is 115 Å². The number of nitrogens with one attached hydrogen (secondary N) is 3. The van der Waals surface area contributed by atoms with Crippen LogP contribution in [-0.2, 0) is 4.79 Å². The first-order valence-electron chi connectivity index (χ1n) is 6.17. The number of amides is 1. The first-order valence-corrected chi connectivity index (χ1v) is 6.17. The second-order valence-electron chi connectivity index (χ2n) is 3.79. The van der Waals surface area contributed by atoms with E-state index in [0.29, 0.717) is 24.4 Å². The molecule has 9 nitrogen and oxygen atoms in total. The molecule has 2 aromatic heterocycles. The highest BCUT2D eigenvalue weighted by atomic mass is 16.1. The average molecular weight is 276 g/mol. The van der Waals surface area contributed by atoms with E-state index in [0.717, 1.165) is 0 Å². The van der Waals surface area contributed by atoms with Crippen LogP contribution in [0.15, 0.2) is 18.5 Å². The van der Waals surface area contributed by atoms with E-state index < -0.39 is 0 Å². The molecule has 1 amide bonds. The monoisotopic (exact) mass is 276 g/mol. The number of hydrogen-bond acceptors (Lipinski definition) is 7. The van der Waals surface area contributed by atoms with Crippen molar-refractivity contribution in [2.75, 3.05) is 30.8 Å². The molecule has 3 N–H and O–H groups in total. The van der Waals surface area contributed by atoms with E-state index in [9.17, 15) is 4.79 Å². The summed E-state index contributed by atoms with van der Waals surface area (Å²) >= 11 is 0. The van der Waals surface area contributed by atoms with Crippen LogP contribution in [0.25, 0.3) is 5.95 Å². The van der Waals surface area contributed by atoms with Crippen molar-refractivity contribution in [2.45, 2.75) is 6.92 Å². The summed E-state index contributed by atoms with van der Waals surface area (Å²) in [5.41, 5.74) is 0. The summed E-state index contributed by atoms with van der Waals surface area (Å²) in [5, 5.41) is 12.4. The second-order valence-corrected chi connectivity index (χ2v) is 3.79. The Morgan fingerprint density at radius 2 is 2.00 bits per heavy atom. The Bertz CT molecular complexity index is 568. The first kappa shape index (κ1) is 13.7. The zero-order valence-corrected chi connectivity index (χ0v) is 11.3. The van der Waals surface area contributed by atoms with Gasteiger partial charge in [-0.2, -0.15) is 20.1 Å². The van der Waals surface area contributed by atoms with Gasteiger partial charge in [-0.05, 0) is 13.0 Å². The SMILES string of the molecule is CCNc1nc(NCC(=O)NC)nc(-n2cccn2)n1. The van der Waals surface area contributed by atoms with Crippen LogP contribution < -0.4 is 16.0 Å². The number of hydrogen-bond donors (Lipinski definition) is 3. The largest absolute Gasteiger partial charge is 0.358 e. The van der Waals surface area contributed by atoms with Gasteiger partial charge in [0.15, 0.2) is 0 Å². The number of carbonyl (C=O) groups is 1. The predicted octanol–water partition coefficient (Wildman–Crippen LogP) is -0.353. The van der Waals surface area contributed by atoms with Crippen molar-refractivity contribution in [1.29, 1.82) is 0 Å². The lowest BCUT2D eigenvalue weighted by Crippen LogP contribution is -2.27. The van der Waals surface area contributed by atoms with Crippen molar-refractivity contribution in [3.63, 3.8) is 0 Å². The lowest BCUT2D eigenvalue weighted by molar-refractivity contribution is -0.118. The molecule has 0 saturated heterocycles. The van der Waals surface area contributed by atoms with E-state index in [2.05, 4.69) is 36.0 Å². The minimum Gasteiger partial charge on any atom is -0.358 e. The topological polar surface area (TPSA) is 110 Å². The summed E-state index contributed by atoms with van der Waals surface area (Å²) in [4.78, 5) is 23.9. The number of nitrogens with zero attached hydrogens (tertiary/aromatic N) is 5. The molecule has 2 heterocycles. The Morgan fingerprint density at radius 1 is 1.25 bits per heavy atom. The third-order valence-electron chi connectivity index (χ3n) is 2.35. The van der Waals surface area contributed by atoms with Gasteiger partial charge in [-0.1, -0.05) is 0 Å². The molecule has 0 bridgehead atoms. The summed E-state index contributed by atoms with van der Waals surface area (Å²) in [5.74, 6) is 0.953. The van der Waals surface area contributed by atoms with Crippen LogP contribution in [0.1, 0.15) is 6.92 Å². The summed E-state index contributed by atoms with van der Waals surface area (Å²) in [6.45, 7) is 2.71. The summed E-state index contributed by atoms with van der Waals surface area (Å²) in [6, 6.07) is 1.77. The normalized spacial score (nSPS) is 10.1. The highest BCUT2D eigenvalue weighted by molar-refractivity contribution is 5.79. The van der Waals surface area contributed by atoms with Crippen LogP contribution >= 0.6 is 0 Å². The smallest absolute Gasteiger partial charge is 0.257 e. The van der Waals surface area contributed by atoms with Crippen molar-refractivity contribution in [2.24, 2.45) is 0 Å². The molecule has 0 aliphatic rings. The molecular weight excluding hydrogens is 260 g/mol. The van der Waals surface area contributed by atoms with Gasteiger partial charge in [0.05, 0.1) is 6.54 Å². The van der Waals surface area contributed by atoms with Crippen LogP contribution in [0, 0.1) is 0 Å². The summed E-state index contributed by atoms with van der Waals surface area (Å²) in [6.07, 6.45) is 3.36. The van der Waals surface area contributed by atoms with E-state index in [1.807, 2.05) is 6.92 Å². The van der Waals surface area contributed by atoms with Crippen molar-refractivity contribution >= 4 is 17.8 Å². The Balaban J connectivity index is 2.24. The molecular formula is C11H16N8O. The Morgan fingerprint density at radius 3 is 2.60 bits per heavy atom. The molecule has 20 heavy (non-hydrogen) atoms. The molecule has 0 fully saturated rings. The van der Waals surface area contributed by atoms with E-state index in [-0.39, 0.29) is 12.5 Å². The summed E-state index contributed by atoms with van der Waals surface area (Å²) in [7, 11) is 1.57. The molecule has 0 spiro atoms. The highest BCUT2D eigenvalue weighted by Gasteiger charge is 2.08. The fourth-order valence-electron chi connectivity index (χ4n) is 1.42. The molecule has 106 valence electrons. The van der Waals surface area contributed by atoms with Crippen LogP contribution in [-0.4, -0.2) is 50.8 Å². The Hall–Kier alpha value is -2.71. The molecule has 2 rings (SSSR count). The standard InChI is InChI=1S/C11H16N8O/c1-3-13-9-16-10(14-7-8(20)12-2)18-11(17-9)19-6-4-5-15-19/h4-6H,3,7H2,1-2H3,(H,12,20)(H2,13,14,16,17,18). The van der Waals surface area contributed by atoms with Crippen LogP contribution in [0.3, 0.4) is 0 Å². The van der Waals surface area contributed by atoms with E-state index in [1.165, 1.54) is 4.68 Å². The van der Waals surface area contributed by atoms with Crippen LogP contribution in [0.5, 0.6) is 0 Å². The first-order chi connectivity index (χ1) is 9.72. The third-order valence-corrected chi connectivity index (χ3v) is 2.35. The van der Waals surface area contributed by atoms with Crippen molar-refractivity contribution < 1.29 is 4.79 Å². The van der Waals surface area contributed by atoms with Gasteiger partial charge < -0.3 is 16.0 Å². The maximum Gasteiger partial charge on any atom is 0.257 e. The van der Waals surface area contributed by atoms with Gasteiger partial charge in [-0.15, -0.1) is 0 Å². The zero-order chi connectivity index (χ0) is 14.4. The lowest BCUT2D eigenvalue weighted by atomic mass is 10.6. The highest BCUT2D eigenvalue weighted by Crippen LogP contribution is 2.08. The molecule has 0 aromatic carbocycles. The maximum atomic E-state index is 11.2. The molecule has 9 heteroatoms. The van der Waals surface area contributed by atoms with Gasteiger partial charge in [0.1, 0.15) is 0 Å². The number of anilines is 2. The van der Waals surface area contributed by atoms with Gasteiger partial charge in [-0.25, -0.2) is 4.68 Å². The van der Waals surface area contributed by atoms with Gasteiger partial charge in [0.2, 0.25) is 17.8 Å². The van der Waals surface area contributed by atoms with Crippen molar-refractivity contribution in [3.05, 3.63) is 18.5 Å². The minimum atomic E-state index is -0.156. The fraction of sp³-hybridized carbons (Fsp3) is 0.364. The van der Waals surface area contributed by atoms with E-state index >= 15 is 0 Å². The predicted molar refractivity (Wildman–Crippen MR) is 73.7 cm³/mol. The third kappa shape index (κ3) is 3.40. The van der Waals surface area contributed by atoms with Gasteiger partial charge >= 0.3 is 0 Å². The molecule has 0 atom stereocenters. The van der Waals surface area contributed by atoms with Gasteiger partial charge in [0, 0.05) is 26.0 Å². The van der Waals surface area contributed by atoms with E-state index in [4.69, 9.17) is 0 Å². The van der Waals surface area contributed by atoms with Crippen molar-refractivity contribution in [1.82, 2.24) is 30.0 Å². The maximum absolute atomic E-state index is 11.2. The zero-order valence-electron chi connectivity index (χ0n) is 11.3. The average Bonchev–Trinajstić information content (AvgIpc) is 2.99. The second kappa shape index (κ2) is 6.45. The van der Waals surface area contributed by atoms with Crippen LogP contribution in [0.4, 0.5) is 11.9 Å². The van der Waals surface area contributed by atoms with Crippen LogP contribution in [0.2, 0.25) is 0 Å². The molecule has 0 aliphatic carbocycles. The minimum absolute atomic E-state index is 0.0879. The Kier molecular flexibility index (Phi) is 4.43. The van der Waals surface area contributed by atoms with Gasteiger partial charge in [-0.3, -0.25) is 4.79 Å². The quantitative estimate of drug-likeness (QED) is 0.661. The van der Waals surface area contributed by atoms with Gasteiger partial charge in [0.25, 0.3) is 5.95 Å². The molecule has 0 saturated carbocycles. The number of likely N-dealkylation sites (N-methyl/N-ethyl adjacent to an activating group) is 1. The molecule has 2 aromatic rings. The molecule has 0 radical (unpaired) electrons. The number of carbonyl (C=O) groups excluding carboxylic acids is 1. The lowest BCUT2D eigenvalue weighted by Gasteiger charge is -2.08. The van der Waals surface area contributed by atoms with E-state index in [1.54, 1.807) is 25.5 Å². The number of aromatic nitrogens is 5. The molecule has 0 unspecified atom stereocenters. The van der Waals surface area contributed by atoms with Crippen molar-refractivity contribution in [3.8, 4) is 5.95 Å². The number of rotatable bonds is 6. The molecule has 0 aliphatic heterocycles. The summed E-state index contributed by atoms with van der Waals surface area (Å²) < 4.78 is 1.52.